The Morgan fingerprint density at radius 1 is 0.205 bits per heavy atom. The molecule has 736 valence electrons. The van der Waals surface area contributed by atoms with Gasteiger partial charge in [-0.25, -0.2) is 49.0 Å². The van der Waals surface area contributed by atoms with Gasteiger partial charge in [0.15, 0.2) is 22.6 Å². The molecular weight excluding hydrogens is 1850 g/mol. The molecule has 15 aromatic carbocycles. The molecule has 0 saturated carbocycles. The quantitative estimate of drug-likeness (QED) is 0.0344. The molecule has 0 aliphatic heterocycles. The molecule has 0 unspecified atom stereocenters. The fourth-order valence-corrected chi connectivity index (χ4v) is 49.1. The van der Waals surface area contributed by atoms with Crippen molar-refractivity contribution in [2.45, 2.75) is 312 Å². The van der Waals surface area contributed by atoms with Crippen molar-refractivity contribution in [3.63, 3.8) is 0 Å². The van der Waals surface area contributed by atoms with Gasteiger partial charge in [-0.05, 0) is 182 Å². The minimum absolute atomic E-state index is 0.132. The van der Waals surface area contributed by atoms with Crippen LogP contribution in [0, 0.1) is 45.9 Å². The maximum absolute atomic E-state index is 17.4. The van der Waals surface area contributed by atoms with Crippen molar-refractivity contribution < 1.29 is 0 Å². The maximum atomic E-state index is 17.4. The molecule has 21 aromatic rings. The van der Waals surface area contributed by atoms with Crippen LogP contribution in [0.4, 0.5) is 0 Å². The summed E-state index contributed by atoms with van der Waals surface area (Å²) in [5.41, 5.74) is 30.3. The summed E-state index contributed by atoms with van der Waals surface area (Å²) in [5, 5.41) is 15.8. The molecule has 0 aliphatic rings. The zero-order chi connectivity index (χ0) is 104. The average molecular weight is 1990 g/mol. The van der Waals surface area contributed by atoms with E-state index < -0.39 is 54.5 Å². The SMILES string of the molecule is CC(C)c1cccc(C(C)C)c1-n1c(=O)c2cc3c4nc5nc6c(C#C[Si](C(C)C)(C(C)C)C(C)C)c7cc8ccccc8cc7c(C#C[Si](C(C)C)(C(C)C)C(C)C)c6nc5nc4c4cc5c(=O)n(-c6c(C(C)C)cccc6C(C)C)c(=O)c6cc7c8nc9nc%10c(C#C[Si](C(C)C)(C(C)C)C(C)C)c%11cc%12ccccc%12cc%11c(C#C[Si](C(C)C)(C(C)C)C(C)C)c%10nc9nc8c8cc(c1=O)c2c1c3c4c(c56)c7c81. The van der Waals surface area contributed by atoms with Crippen LogP contribution in [-0.2, 0) is 0 Å². The minimum atomic E-state index is -2.51. The van der Waals surface area contributed by atoms with Gasteiger partial charge in [0, 0.05) is 108 Å². The Hall–Kier alpha value is -13.1. The summed E-state index contributed by atoms with van der Waals surface area (Å²) >= 11 is 0. The highest BCUT2D eigenvalue weighted by Gasteiger charge is 2.47. The molecule has 18 heteroatoms. The highest BCUT2D eigenvalue weighted by Crippen LogP contribution is 2.57. The van der Waals surface area contributed by atoms with Crippen molar-refractivity contribution in [2.75, 3.05) is 0 Å². The largest absolute Gasteiger partial charge is 0.268 e. The molecular formula is C128H134N10O4Si4. The molecule has 6 aromatic heterocycles. The third-order valence-electron chi connectivity index (χ3n) is 35.1. The lowest BCUT2D eigenvalue weighted by Gasteiger charge is -2.38. The standard InChI is InChI=1S/C128H134N10O4Si4/c1-63(2)83-43-37-44-84(64(3)4)119(83)137-125(139)99-59-95-105-107-97(117-115(95)133-121-123(135-117)131-113-89(49-53-145(73(21)22,74(23)24)75(25)26)93-57-81-41-35-33-39-79(81)55-91(93)87(111(113)129-121)47-51-143(67(9)10,68(11)12)69(13)14)61-101-104-102(128(142)138(127(101)141)120-85(65(5)6)45-38-46-86(120)66(7)8)62-98-108(110(104)107)106-96(60-100(126(137)140)103(99)109(105)106)116-118(98)136-124-122(134-116)130-112-88(48-52-144(70(15)16,71(17)18)72(19)20)92-56-80-40-34-36-42-82(80)58-94(92)90(114(112)132-124)50-54-146(76(27)28,77(29)30)78(31)32/h33-46,55-78H,1-32H3. The van der Waals surface area contributed by atoms with Crippen LogP contribution < -0.4 is 22.2 Å². The van der Waals surface area contributed by atoms with Crippen LogP contribution in [0.2, 0.25) is 66.5 Å². The Bertz CT molecular complexity index is 8570. The molecule has 0 saturated heterocycles. The number of hydrogen-bond donors (Lipinski definition) is 0. The summed E-state index contributed by atoms with van der Waals surface area (Å²) in [6.07, 6.45) is 0. The molecule has 14 nitrogen and oxygen atoms in total. The first-order chi connectivity index (χ1) is 69.3. The Morgan fingerprint density at radius 3 is 0.568 bits per heavy atom. The molecule has 0 radical (unpaired) electrons. The van der Waals surface area contributed by atoms with Crippen LogP contribution in [0.3, 0.4) is 0 Å². The molecule has 0 amide bonds. The van der Waals surface area contributed by atoms with Crippen molar-refractivity contribution in [3.05, 3.63) is 219 Å². The number of benzene rings is 15. The third-order valence-corrected chi connectivity index (χ3v) is 60.3. The summed E-state index contributed by atoms with van der Waals surface area (Å²) < 4.78 is 2.89. The van der Waals surface area contributed by atoms with Crippen LogP contribution in [0.15, 0.2) is 153 Å². The molecule has 0 fully saturated rings. The zero-order valence-electron chi connectivity index (χ0n) is 91.0. The van der Waals surface area contributed by atoms with E-state index in [1.807, 2.05) is 60.7 Å². The highest BCUT2D eigenvalue weighted by molar-refractivity contribution is 6.92. The maximum Gasteiger partial charge on any atom is 0.266 e. The highest BCUT2D eigenvalue weighted by atomic mass is 28.3. The lowest BCUT2D eigenvalue weighted by Crippen LogP contribution is -2.43. The van der Waals surface area contributed by atoms with E-state index in [4.69, 9.17) is 39.9 Å². The fraction of sp³-hybridized carbons (Fsp3) is 0.375. The second kappa shape index (κ2) is 35.4. The normalized spacial score (nSPS) is 13.3. The first-order valence-electron chi connectivity index (χ1n) is 53.6. The lowest BCUT2D eigenvalue weighted by molar-refractivity contribution is 0.792. The fourth-order valence-electron chi connectivity index (χ4n) is 28.3. The van der Waals surface area contributed by atoms with Crippen LogP contribution >= 0.6 is 0 Å². The van der Waals surface area contributed by atoms with Gasteiger partial charge < -0.3 is 0 Å². The number of para-hydroxylation sites is 2. The summed E-state index contributed by atoms with van der Waals surface area (Å²) in [7, 11) is -10.0. The monoisotopic (exact) mass is 1990 g/mol. The Kier molecular flexibility index (Phi) is 24.0. The Labute approximate surface area is 859 Å². The van der Waals surface area contributed by atoms with Gasteiger partial charge in [-0.15, -0.1) is 22.2 Å². The van der Waals surface area contributed by atoms with Gasteiger partial charge in [0.05, 0.1) is 55.7 Å². The molecule has 146 heavy (non-hydrogen) atoms. The molecule has 0 N–H and O–H groups in total. The number of aromatic nitrogens is 10. The lowest BCUT2D eigenvalue weighted by atomic mass is 9.79. The Balaban J connectivity index is 1.03. The van der Waals surface area contributed by atoms with Gasteiger partial charge in [0.2, 0.25) is 0 Å². The predicted octanol–water partition coefficient (Wildman–Crippen LogP) is 32.6. The van der Waals surface area contributed by atoms with Gasteiger partial charge in [-0.2, -0.15) is 0 Å². The second-order valence-corrected chi connectivity index (χ2v) is 69.8. The average Bonchev–Trinajstić information content (AvgIpc) is 0.648. The summed E-state index contributed by atoms with van der Waals surface area (Å²) in [6.45, 7) is 73.2. The van der Waals surface area contributed by atoms with Crippen molar-refractivity contribution in [2.24, 2.45) is 0 Å². The number of pyridine rings is 2. The smallest absolute Gasteiger partial charge is 0.266 e. The molecule has 0 spiro atoms. The predicted molar refractivity (Wildman–Crippen MR) is 632 cm³/mol. The van der Waals surface area contributed by atoms with Crippen molar-refractivity contribution >= 4 is 228 Å². The van der Waals surface area contributed by atoms with E-state index in [2.05, 4.69) is 340 Å². The van der Waals surface area contributed by atoms with E-state index in [0.29, 0.717) is 187 Å². The van der Waals surface area contributed by atoms with Gasteiger partial charge in [-0.1, -0.05) is 330 Å². The first kappa shape index (κ1) is 98.9. The number of rotatable bonds is 18. The third kappa shape index (κ3) is 14.0. The van der Waals surface area contributed by atoms with Gasteiger partial charge >= 0.3 is 0 Å². The first-order valence-corrected chi connectivity index (χ1v) is 62.5. The topological polar surface area (TPSA) is 181 Å². The zero-order valence-corrected chi connectivity index (χ0v) is 95.0. The van der Waals surface area contributed by atoms with Crippen molar-refractivity contribution in [1.82, 2.24) is 49.0 Å². The molecule has 0 bridgehead atoms. The Morgan fingerprint density at radius 2 is 0.390 bits per heavy atom. The number of hydrogen-bond acceptors (Lipinski definition) is 12. The molecule has 6 heterocycles. The molecule has 0 atom stereocenters. The van der Waals surface area contributed by atoms with E-state index in [0.717, 1.165) is 87.6 Å². The number of nitrogens with zero attached hydrogens (tertiary/aromatic N) is 10. The van der Waals surface area contributed by atoms with E-state index in [9.17, 15) is 0 Å². The van der Waals surface area contributed by atoms with Crippen LogP contribution in [-0.4, -0.2) is 81.3 Å². The van der Waals surface area contributed by atoms with Crippen LogP contribution in [0.25, 0.3) is 207 Å². The van der Waals surface area contributed by atoms with Crippen LogP contribution in [0.5, 0.6) is 0 Å². The van der Waals surface area contributed by atoms with Gasteiger partial charge in [-0.3, -0.25) is 19.2 Å². The second-order valence-electron chi connectivity index (χ2n) is 47.5. The van der Waals surface area contributed by atoms with E-state index in [1.165, 1.54) is 9.13 Å². The number of fused-ring (bicyclic) bond motifs is 14. The van der Waals surface area contributed by atoms with E-state index in [-0.39, 0.29) is 67.8 Å². The van der Waals surface area contributed by atoms with Gasteiger partial charge in [0.1, 0.15) is 54.4 Å². The van der Waals surface area contributed by atoms with Crippen LogP contribution in [0.1, 0.15) is 290 Å². The minimum Gasteiger partial charge on any atom is -0.268 e. The van der Waals surface area contributed by atoms with Crippen molar-refractivity contribution in [1.29, 1.82) is 0 Å². The van der Waals surface area contributed by atoms with Gasteiger partial charge in [0.25, 0.3) is 22.2 Å². The van der Waals surface area contributed by atoms with E-state index >= 15 is 19.2 Å². The summed E-state index contributed by atoms with van der Waals surface area (Å²) in [5.74, 6) is 15.6. The summed E-state index contributed by atoms with van der Waals surface area (Å²) in [6, 6.07) is 46.2. The molecule has 0 aliphatic carbocycles. The van der Waals surface area contributed by atoms with E-state index in [1.54, 1.807) is 0 Å². The summed E-state index contributed by atoms with van der Waals surface area (Å²) in [4.78, 5) is 117. The van der Waals surface area contributed by atoms with Crippen molar-refractivity contribution in [3.8, 4) is 57.2 Å². The molecule has 21 rings (SSSR count).